The van der Waals surface area contributed by atoms with Gasteiger partial charge < -0.3 is 14.8 Å². The van der Waals surface area contributed by atoms with Crippen molar-refractivity contribution in [2.24, 2.45) is 0 Å². The molecule has 0 aliphatic heterocycles. The number of nitrogens with one attached hydrogen (secondary N) is 1. The van der Waals surface area contributed by atoms with Crippen LogP contribution in [-0.4, -0.2) is 33.4 Å². The molecule has 0 atom stereocenters. The van der Waals surface area contributed by atoms with E-state index in [9.17, 15) is 0 Å². The van der Waals surface area contributed by atoms with Crippen LogP contribution in [0.25, 0.3) is 10.8 Å². The highest BCUT2D eigenvalue weighted by Gasteiger charge is 2.00. The van der Waals surface area contributed by atoms with E-state index in [-0.39, 0.29) is 0 Å². The molecular formula is C17H23NO2. The van der Waals surface area contributed by atoms with E-state index >= 15 is 0 Å². The van der Waals surface area contributed by atoms with Crippen LogP contribution in [-0.2, 0) is 4.74 Å². The quantitative estimate of drug-likeness (QED) is 0.712. The minimum absolute atomic E-state index is 0.764. The zero-order chi connectivity index (χ0) is 14.0. The lowest BCUT2D eigenvalue weighted by atomic mass is 10.1. The average Bonchev–Trinajstić information content (AvgIpc) is 2.50. The standard InChI is InChI=1S/C17H23NO2/c1-19-14-12-18-11-4-5-13-20-17-10-6-8-15-7-2-3-9-16(15)17/h2-3,6-10,18H,4-5,11-14H2,1H3. The molecule has 0 heterocycles. The van der Waals surface area contributed by atoms with E-state index in [0.29, 0.717) is 0 Å². The van der Waals surface area contributed by atoms with Crippen LogP contribution in [0.15, 0.2) is 42.5 Å². The third-order valence-corrected chi connectivity index (χ3v) is 3.24. The molecule has 0 spiro atoms. The summed E-state index contributed by atoms with van der Waals surface area (Å²) in [6.07, 6.45) is 2.18. The molecule has 0 saturated heterocycles. The Hall–Kier alpha value is -1.58. The average molecular weight is 273 g/mol. The SMILES string of the molecule is COCCNCCCCOc1cccc2ccccc12. The normalized spacial score (nSPS) is 10.8. The van der Waals surface area contributed by atoms with E-state index in [1.807, 2.05) is 12.1 Å². The Balaban J connectivity index is 1.71. The Labute approximate surface area is 120 Å². The maximum atomic E-state index is 5.89. The number of ether oxygens (including phenoxy) is 2. The van der Waals surface area contributed by atoms with Gasteiger partial charge in [0, 0.05) is 19.0 Å². The summed E-state index contributed by atoms with van der Waals surface area (Å²) in [6.45, 7) is 3.47. The maximum Gasteiger partial charge on any atom is 0.127 e. The molecule has 0 aromatic heterocycles. The van der Waals surface area contributed by atoms with Crippen molar-refractivity contribution in [3.63, 3.8) is 0 Å². The van der Waals surface area contributed by atoms with Gasteiger partial charge in [0.15, 0.2) is 0 Å². The Kier molecular flexibility index (Phi) is 6.35. The summed E-state index contributed by atoms with van der Waals surface area (Å²) in [6, 6.07) is 14.5. The molecule has 2 aromatic carbocycles. The van der Waals surface area contributed by atoms with Gasteiger partial charge in [-0.15, -0.1) is 0 Å². The van der Waals surface area contributed by atoms with E-state index in [1.165, 1.54) is 10.8 Å². The lowest BCUT2D eigenvalue weighted by molar-refractivity contribution is 0.199. The van der Waals surface area contributed by atoms with Gasteiger partial charge in [0.05, 0.1) is 13.2 Å². The monoisotopic (exact) mass is 273 g/mol. The Morgan fingerprint density at radius 1 is 0.900 bits per heavy atom. The summed E-state index contributed by atoms with van der Waals surface area (Å²) in [4.78, 5) is 0. The molecule has 3 nitrogen and oxygen atoms in total. The fraction of sp³-hybridized carbons (Fsp3) is 0.412. The molecule has 0 saturated carbocycles. The van der Waals surface area contributed by atoms with Gasteiger partial charge in [0.25, 0.3) is 0 Å². The highest BCUT2D eigenvalue weighted by Crippen LogP contribution is 2.25. The number of unbranched alkanes of at least 4 members (excludes halogenated alkanes) is 1. The first kappa shape index (κ1) is 14.8. The van der Waals surface area contributed by atoms with Crippen LogP contribution in [0.2, 0.25) is 0 Å². The molecule has 3 heteroatoms. The second-order valence-electron chi connectivity index (χ2n) is 4.78. The van der Waals surface area contributed by atoms with Crippen LogP contribution in [0.1, 0.15) is 12.8 Å². The van der Waals surface area contributed by atoms with Crippen molar-refractivity contribution in [3.05, 3.63) is 42.5 Å². The van der Waals surface area contributed by atoms with Crippen LogP contribution in [0, 0.1) is 0 Å². The number of hydrogen-bond donors (Lipinski definition) is 1. The zero-order valence-electron chi connectivity index (χ0n) is 12.1. The number of methoxy groups -OCH3 is 1. The molecule has 0 radical (unpaired) electrons. The van der Waals surface area contributed by atoms with Crippen molar-refractivity contribution in [1.29, 1.82) is 0 Å². The third-order valence-electron chi connectivity index (χ3n) is 3.24. The minimum atomic E-state index is 0.764. The first-order valence-corrected chi connectivity index (χ1v) is 7.22. The van der Waals surface area contributed by atoms with Gasteiger partial charge in [-0.3, -0.25) is 0 Å². The second-order valence-corrected chi connectivity index (χ2v) is 4.78. The molecule has 108 valence electrons. The highest BCUT2D eigenvalue weighted by molar-refractivity contribution is 5.88. The Bertz CT molecular complexity index is 508. The maximum absolute atomic E-state index is 5.89. The summed E-state index contributed by atoms with van der Waals surface area (Å²) < 4.78 is 10.9. The number of benzene rings is 2. The van der Waals surface area contributed by atoms with Crippen LogP contribution in [0.5, 0.6) is 5.75 Å². The van der Waals surface area contributed by atoms with Crippen molar-refractivity contribution in [2.75, 3.05) is 33.4 Å². The van der Waals surface area contributed by atoms with Crippen molar-refractivity contribution >= 4 is 10.8 Å². The van der Waals surface area contributed by atoms with Gasteiger partial charge in [0.1, 0.15) is 5.75 Å². The van der Waals surface area contributed by atoms with Crippen molar-refractivity contribution in [2.45, 2.75) is 12.8 Å². The molecular weight excluding hydrogens is 250 g/mol. The van der Waals surface area contributed by atoms with Crippen LogP contribution in [0.4, 0.5) is 0 Å². The van der Waals surface area contributed by atoms with Gasteiger partial charge in [-0.1, -0.05) is 36.4 Å². The van der Waals surface area contributed by atoms with Gasteiger partial charge in [-0.05, 0) is 30.8 Å². The van der Waals surface area contributed by atoms with E-state index in [2.05, 4.69) is 35.6 Å². The molecule has 0 amide bonds. The predicted molar refractivity (Wildman–Crippen MR) is 83.4 cm³/mol. The zero-order valence-corrected chi connectivity index (χ0v) is 12.1. The van der Waals surface area contributed by atoms with E-state index < -0.39 is 0 Å². The highest BCUT2D eigenvalue weighted by atomic mass is 16.5. The van der Waals surface area contributed by atoms with Crippen molar-refractivity contribution in [3.8, 4) is 5.75 Å². The molecule has 2 rings (SSSR count). The number of fused-ring (bicyclic) bond motifs is 1. The number of rotatable bonds is 9. The van der Waals surface area contributed by atoms with E-state index in [4.69, 9.17) is 9.47 Å². The fourth-order valence-electron chi connectivity index (χ4n) is 2.15. The van der Waals surface area contributed by atoms with Crippen molar-refractivity contribution in [1.82, 2.24) is 5.32 Å². The molecule has 0 aliphatic carbocycles. The van der Waals surface area contributed by atoms with Crippen LogP contribution in [0.3, 0.4) is 0 Å². The lowest BCUT2D eigenvalue weighted by Crippen LogP contribution is -2.20. The molecule has 20 heavy (non-hydrogen) atoms. The summed E-state index contributed by atoms with van der Waals surface area (Å²) in [7, 11) is 1.72. The molecule has 1 N–H and O–H groups in total. The summed E-state index contributed by atoms with van der Waals surface area (Å²) in [5.41, 5.74) is 0. The van der Waals surface area contributed by atoms with E-state index in [1.54, 1.807) is 7.11 Å². The fourth-order valence-corrected chi connectivity index (χ4v) is 2.15. The van der Waals surface area contributed by atoms with E-state index in [0.717, 1.165) is 44.9 Å². The molecule has 0 bridgehead atoms. The summed E-state index contributed by atoms with van der Waals surface area (Å²) >= 11 is 0. The molecule has 0 unspecified atom stereocenters. The topological polar surface area (TPSA) is 30.5 Å². The Morgan fingerprint density at radius 2 is 1.75 bits per heavy atom. The van der Waals surface area contributed by atoms with Gasteiger partial charge in [-0.2, -0.15) is 0 Å². The third kappa shape index (κ3) is 4.51. The summed E-state index contributed by atoms with van der Waals surface area (Å²) in [5, 5.41) is 5.75. The second kappa shape index (κ2) is 8.56. The molecule has 0 aliphatic rings. The van der Waals surface area contributed by atoms with Crippen LogP contribution < -0.4 is 10.1 Å². The number of hydrogen-bond acceptors (Lipinski definition) is 3. The Morgan fingerprint density at radius 3 is 2.65 bits per heavy atom. The first-order chi connectivity index (χ1) is 9.92. The predicted octanol–water partition coefficient (Wildman–Crippen LogP) is 3.23. The van der Waals surface area contributed by atoms with Gasteiger partial charge in [-0.25, -0.2) is 0 Å². The molecule has 0 fully saturated rings. The molecule has 2 aromatic rings. The van der Waals surface area contributed by atoms with Crippen LogP contribution >= 0.6 is 0 Å². The van der Waals surface area contributed by atoms with Gasteiger partial charge >= 0.3 is 0 Å². The van der Waals surface area contributed by atoms with Gasteiger partial charge in [0.2, 0.25) is 0 Å². The van der Waals surface area contributed by atoms with Crippen molar-refractivity contribution < 1.29 is 9.47 Å². The lowest BCUT2D eigenvalue weighted by Gasteiger charge is -2.09. The minimum Gasteiger partial charge on any atom is -0.493 e. The smallest absolute Gasteiger partial charge is 0.127 e. The summed E-state index contributed by atoms with van der Waals surface area (Å²) in [5.74, 6) is 0.982. The largest absolute Gasteiger partial charge is 0.493 e. The first-order valence-electron chi connectivity index (χ1n) is 7.22.